The van der Waals surface area contributed by atoms with E-state index >= 15 is 0 Å². The van der Waals surface area contributed by atoms with Crippen molar-refractivity contribution in [2.24, 2.45) is 0 Å². The van der Waals surface area contributed by atoms with Gasteiger partial charge in [-0.2, -0.15) is 0 Å². The van der Waals surface area contributed by atoms with Crippen molar-refractivity contribution < 1.29 is 38.9 Å². The lowest BCUT2D eigenvalue weighted by Gasteiger charge is -2.07. The first-order valence-electron chi connectivity index (χ1n) is 8.87. The number of carboxylic acid groups (broad SMARTS) is 2. The molecule has 0 unspecified atom stereocenters. The van der Waals surface area contributed by atoms with Crippen molar-refractivity contribution in [3.63, 3.8) is 0 Å². The van der Waals surface area contributed by atoms with E-state index in [1.165, 1.54) is 13.8 Å². The van der Waals surface area contributed by atoms with Gasteiger partial charge in [-0.1, -0.05) is 0 Å². The lowest BCUT2D eigenvalue weighted by molar-refractivity contribution is 0.0516. The summed E-state index contributed by atoms with van der Waals surface area (Å²) < 4.78 is 10.0. The van der Waals surface area contributed by atoms with E-state index in [4.69, 9.17) is 9.47 Å². The standard InChI is InChI=1S/C19H22N2O8/c1-5-28-18(26)12-8(3)14(16(22)23)20-10(12)7-11-13(19(27)29-6-2)9(4)15(21-11)17(24)25/h20-21H,5-7H2,1-4H3,(H,22,23)(H,24,25). The number of esters is 2. The van der Waals surface area contributed by atoms with E-state index in [2.05, 4.69) is 9.97 Å². The maximum atomic E-state index is 12.4. The lowest BCUT2D eigenvalue weighted by Crippen LogP contribution is -2.11. The molecule has 0 saturated heterocycles. The molecule has 0 bridgehead atoms. The van der Waals surface area contributed by atoms with Gasteiger partial charge in [-0.15, -0.1) is 0 Å². The maximum absolute atomic E-state index is 12.4. The zero-order valence-electron chi connectivity index (χ0n) is 16.5. The SMILES string of the molecule is CCOC(=O)c1c(Cc2[nH]c(C(=O)O)c(C)c2C(=O)OCC)[nH]c(C(=O)O)c1C. The molecule has 0 spiro atoms. The topological polar surface area (TPSA) is 159 Å². The molecule has 29 heavy (non-hydrogen) atoms. The second kappa shape index (κ2) is 8.63. The van der Waals surface area contributed by atoms with Gasteiger partial charge in [-0.25, -0.2) is 19.2 Å². The van der Waals surface area contributed by atoms with Gasteiger partial charge >= 0.3 is 23.9 Å². The van der Waals surface area contributed by atoms with E-state index < -0.39 is 23.9 Å². The quantitative estimate of drug-likeness (QED) is 0.486. The fourth-order valence-electron chi connectivity index (χ4n) is 3.15. The minimum absolute atomic E-state index is 0.0307. The van der Waals surface area contributed by atoms with Crippen LogP contribution in [0, 0.1) is 13.8 Å². The van der Waals surface area contributed by atoms with Gasteiger partial charge in [0.2, 0.25) is 0 Å². The Hall–Kier alpha value is -3.56. The number of carboxylic acids is 2. The largest absolute Gasteiger partial charge is 0.477 e. The van der Waals surface area contributed by atoms with Gasteiger partial charge in [0.05, 0.1) is 24.3 Å². The van der Waals surface area contributed by atoms with Crippen molar-refractivity contribution in [2.75, 3.05) is 13.2 Å². The zero-order chi connectivity index (χ0) is 21.9. The van der Waals surface area contributed by atoms with Crippen molar-refractivity contribution in [3.8, 4) is 0 Å². The van der Waals surface area contributed by atoms with Gasteiger partial charge in [0, 0.05) is 17.8 Å². The van der Waals surface area contributed by atoms with Crippen LogP contribution in [-0.4, -0.2) is 57.3 Å². The fourth-order valence-corrected chi connectivity index (χ4v) is 3.15. The molecule has 10 heteroatoms. The predicted octanol–water partition coefficient (Wildman–Crippen LogP) is 2.30. The van der Waals surface area contributed by atoms with E-state index in [0.29, 0.717) is 0 Å². The Morgan fingerprint density at radius 3 is 1.38 bits per heavy atom. The molecule has 0 saturated carbocycles. The molecule has 0 aromatic carbocycles. The lowest BCUT2D eigenvalue weighted by atomic mass is 10.0. The van der Waals surface area contributed by atoms with Crippen molar-refractivity contribution in [1.29, 1.82) is 0 Å². The van der Waals surface area contributed by atoms with E-state index in [9.17, 15) is 29.4 Å². The van der Waals surface area contributed by atoms with E-state index in [1.54, 1.807) is 13.8 Å². The van der Waals surface area contributed by atoms with Crippen molar-refractivity contribution in [1.82, 2.24) is 9.97 Å². The number of carbonyl (C=O) groups excluding carboxylic acids is 2. The molecule has 0 aliphatic heterocycles. The molecule has 2 rings (SSSR count). The number of aromatic nitrogens is 2. The smallest absolute Gasteiger partial charge is 0.352 e. The van der Waals surface area contributed by atoms with Gasteiger partial charge in [0.1, 0.15) is 11.4 Å². The molecule has 2 aromatic heterocycles. The van der Waals surface area contributed by atoms with Crippen LogP contribution in [0.3, 0.4) is 0 Å². The van der Waals surface area contributed by atoms with Crippen LogP contribution >= 0.6 is 0 Å². The highest BCUT2D eigenvalue weighted by molar-refractivity contribution is 6.00. The van der Waals surface area contributed by atoms with Crippen molar-refractivity contribution in [3.05, 3.63) is 45.0 Å². The second-order valence-corrected chi connectivity index (χ2v) is 6.19. The number of hydrogen-bond donors (Lipinski definition) is 4. The normalized spacial score (nSPS) is 10.6. The van der Waals surface area contributed by atoms with E-state index in [-0.39, 0.29) is 64.7 Å². The van der Waals surface area contributed by atoms with Crippen LogP contribution in [0.4, 0.5) is 0 Å². The van der Waals surface area contributed by atoms with Crippen LogP contribution in [0.15, 0.2) is 0 Å². The number of aromatic carboxylic acids is 2. The summed E-state index contributed by atoms with van der Waals surface area (Å²) in [6.07, 6.45) is -0.134. The van der Waals surface area contributed by atoms with Gasteiger partial charge in [0.25, 0.3) is 0 Å². The van der Waals surface area contributed by atoms with E-state index in [0.717, 1.165) is 0 Å². The molecule has 0 amide bonds. The molecule has 2 heterocycles. The number of hydrogen-bond acceptors (Lipinski definition) is 6. The molecule has 0 fully saturated rings. The number of carbonyl (C=O) groups is 4. The average molecular weight is 406 g/mol. The molecule has 0 aliphatic carbocycles. The molecule has 0 atom stereocenters. The molecule has 156 valence electrons. The third kappa shape index (κ3) is 4.15. The summed E-state index contributed by atoms with van der Waals surface area (Å²) in [4.78, 5) is 53.1. The van der Waals surface area contributed by atoms with Crippen LogP contribution in [0.5, 0.6) is 0 Å². The minimum atomic E-state index is -1.26. The molecule has 2 aromatic rings. The molecule has 0 aliphatic rings. The number of aromatic amines is 2. The molecular weight excluding hydrogens is 384 g/mol. The van der Waals surface area contributed by atoms with Gasteiger partial charge < -0.3 is 29.7 Å². The van der Waals surface area contributed by atoms with Crippen molar-refractivity contribution in [2.45, 2.75) is 34.1 Å². The third-order valence-corrected chi connectivity index (χ3v) is 4.40. The predicted molar refractivity (Wildman–Crippen MR) is 99.7 cm³/mol. The highest BCUT2D eigenvalue weighted by atomic mass is 16.5. The number of H-pyrrole nitrogens is 2. The summed E-state index contributed by atoms with van der Waals surface area (Å²) in [6.45, 7) is 6.33. The monoisotopic (exact) mass is 406 g/mol. The molecule has 10 nitrogen and oxygen atoms in total. The van der Waals surface area contributed by atoms with Gasteiger partial charge in [-0.05, 0) is 38.8 Å². The first-order chi connectivity index (χ1) is 13.6. The number of ether oxygens (including phenoxy) is 2. The minimum Gasteiger partial charge on any atom is -0.477 e. The molecule has 4 N–H and O–H groups in total. The van der Waals surface area contributed by atoms with Crippen LogP contribution in [0.2, 0.25) is 0 Å². The number of rotatable bonds is 8. The summed E-state index contributed by atoms with van der Waals surface area (Å²) in [5, 5.41) is 18.7. The van der Waals surface area contributed by atoms with Gasteiger partial charge in [0.15, 0.2) is 0 Å². The van der Waals surface area contributed by atoms with E-state index in [1.807, 2.05) is 0 Å². The summed E-state index contributed by atoms with van der Waals surface area (Å²) in [7, 11) is 0. The Morgan fingerprint density at radius 2 is 1.10 bits per heavy atom. The highest BCUT2D eigenvalue weighted by Crippen LogP contribution is 2.26. The van der Waals surface area contributed by atoms with Gasteiger partial charge in [-0.3, -0.25) is 0 Å². The zero-order valence-corrected chi connectivity index (χ0v) is 16.5. The first-order valence-corrected chi connectivity index (χ1v) is 8.87. The first kappa shape index (κ1) is 21.7. The number of nitrogens with one attached hydrogen (secondary N) is 2. The Balaban J connectivity index is 2.64. The Morgan fingerprint density at radius 1 is 0.759 bits per heavy atom. The van der Waals surface area contributed by atoms with Crippen molar-refractivity contribution >= 4 is 23.9 Å². The third-order valence-electron chi connectivity index (χ3n) is 4.40. The Labute approximate surface area is 165 Å². The fraction of sp³-hybridized carbons (Fsp3) is 0.368. The van der Waals surface area contributed by atoms with Crippen LogP contribution < -0.4 is 0 Å². The summed E-state index contributed by atoms with van der Waals surface area (Å²) >= 11 is 0. The second-order valence-electron chi connectivity index (χ2n) is 6.19. The summed E-state index contributed by atoms with van der Waals surface area (Å²) in [5.74, 6) is -3.97. The Kier molecular flexibility index (Phi) is 6.47. The summed E-state index contributed by atoms with van der Waals surface area (Å²) in [6, 6.07) is 0. The average Bonchev–Trinajstić information content (AvgIpc) is 3.12. The summed E-state index contributed by atoms with van der Waals surface area (Å²) in [5.41, 5.74) is 0.413. The highest BCUT2D eigenvalue weighted by Gasteiger charge is 2.29. The molecular formula is C19H22N2O8. The Bertz CT molecular complexity index is 905. The van der Waals surface area contributed by atoms with Crippen LogP contribution in [0.25, 0.3) is 0 Å². The van der Waals surface area contributed by atoms with Crippen LogP contribution in [0.1, 0.15) is 78.1 Å². The molecule has 0 radical (unpaired) electrons. The maximum Gasteiger partial charge on any atom is 0.352 e. The van der Waals surface area contributed by atoms with Crippen LogP contribution in [-0.2, 0) is 15.9 Å².